The molecule has 14 heteroatoms. The van der Waals surface area contributed by atoms with Crippen LogP contribution in [0.25, 0.3) is 0 Å². The fourth-order valence-electron chi connectivity index (χ4n) is 3.71. The molecule has 0 spiro atoms. The number of nitrogens with zero attached hydrogens (tertiary/aromatic N) is 2. The number of hydrogen-bond acceptors (Lipinski definition) is 4. The summed E-state index contributed by atoms with van der Waals surface area (Å²) in [7, 11) is -4.26. The zero-order valence-electron chi connectivity index (χ0n) is 21.9. The molecule has 0 aromatic heterocycles. The Morgan fingerprint density at radius 1 is 1.00 bits per heavy atom. The molecule has 0 saturated carbocycles. The van der Waals surface area contributed by atoms with E-state index in [1.807, 2.05) is 0 Å². The van der Waals surface area contributed by atoms with E-state index in [0.717, 1.165) is 23.3 Å². The smallest absolute Gasteiger partial charge is 0.350 e. The number of anilines is 1. The minimum absolute atomic E-state index is 0.150. The number of nitrogens with one attached hydrogen (secondary N) is 1. The molecule has 0 heterocycles. The molecule has 0 saturated heterocycles. The number of carbonyl (C=O) groups is 2. The number of halogens is 6. The van der Waals surface area contributed by atoms with Crippen LogP contribution in [-0.2, 0) is 32.3 Å². The first kappa shape index (κ1) is 33.0. The van der Waals surface area contributed by atoms with Crippen molar-refractivity contribution in [2.45, 2.75) is 58.4 Å². The normalized spacial score (nSPS) is 13.1. The van der Waals surface area contributed by atoms with Crippen molar-refractivity contribution in [1.82, 2.24) is 10.2 Å². The van der Waals surface area contributed by atoms with Gasteiger partial charge in [0.05, 0.1) is 22.5 Å². The minimum Gasteiger partial charge on any atom is -0.350 e. The predicted octanol–water partition coefficient (Wildman–Crippen LogP) is 6.15. The van der Waals surface area contributed by atoms with Gasteiger partial charge in [0.25, 0.3) is 0 Å². The van der Waals surface area contributed by atoms with Crippen molar-refractivity contribution in [1.29, 1.82) is 0 Å². The Kier molecular flexibility index (Phi) is 10.6. The molecule has 1 N–H and O–H groups in total. The molecule has 2 rings (SSSR count). The lowest BCUT2D eigenvalue weighted by molar-refractivity contribution is -0.141. The molecule has 0 aliphatic rings. The van der Waals surface area contributed by atoms with Gasteiger partial charge >= 0.3 is 6.18 Å². The lowest BCUT2D eigenvalue weighted by atomic mass is 10.1. The maximum Gasteiger partial charge on any atom is 0.417 e. The molecule has 0 bridgehead atoms. The fourth-order valence-corrected chi connectivity index (χ4v) is 5.24. The number of carbonyl (C=O) groups excluding carboxylic acids is 2. The third kappa shape index (κ3) is 9.16. The highest BCUT2D eigenvalue weighted by molar-refractivity contribution is 7.92. The Morgan fingerprint density at radius 2 is 1.62 bits per heavy atom. The summed E-state index contributed by atoms with van der Waals surface area (Å²) in [5.41, 5.74) is -1.90. The highest BCUT2D eigenvalue weighted by Gasteiger charge is 2.36. The van der Waals surface area contributed by atoms with E-state index in [0.29, 0.717) is 21.0 Å². The Labute approximate surface area is 241 Å². The van der Waals surface area contributed by atoms with E-state index in [1.54, 1.807) is 33.8 Å². The van der Waals surface area contributed by atoms with E-state index in [9.17, 15) is 31.2 Å². The average Bonchev–Trinajstić information content (AvgIpc) is 2.76. The number of rotatable bonds is 9. The lowest BCUT2D eigenvalue weighted by Gasteiger charge is -2.34. The zero-order valence-corrected chi connectivity index (χ0v) is 25.0. The minimum atomic E-state index is -4.87. The molecule has 1 atom stereocenters. The van der Waals surface area contributed by atoms with Crippen molar-refractivity contribution in [3.05, 3.63) is 62.6 Å². The Hall–Kier alpha value is -2.21. The largest absolute Gasteiger partial charge is 0.417 e. The van der Waals surface area contributed by atoms with Gasteiger partial charge in [0.15, 0.2) is 0 Å². The van der Waals surface area contributed by atoms with Crippen molar-refractivity contribution in [2.24, 2.45) is 0 Å². The van der Waals surface area contributed by atoms with Crippen LogP contribution < -0.4 is 9.62 Å². The lowest BCUT2D eigenvalue weighted by Crippen LogP contribution is -2.55. The van der Waals surface area contributed by atoms with Crippen molar-refractivity contribution in [3.63, 3.8) is 0 Å². The van der Waals surface area contributed by atoms with Gasteiger partial charge in [-0.25, -0.2) is 8.42 Å². The summed E-state index contributed by atoms with van der Waals surface area (Å²) < 4.78 is 66.3. The van der Waals surface area contributed by atoms with E-state index in [4.69, 9.17) is 34.8 Å². The van der Waals surface area contributed by atoms with Gasteiger partial charge in [-0.05, 0) is 63.1 Å². The van der Waals surface area contributed by atoms with E-state index < -0.39 is 62.4 Å². The van der Waals surface area contributed by atoms with Crippen LogP contribution in [-0.4, -0.2) is 49.5 Å². The summed E-state index contributed by atoms with van der Waals surface area (Å²) in [6.07, 6.45) is -3.96. The molecular weight excluding hydrogens is 602 g/mol. The van der Waals surface area contributed by atoms with Crippen molar-refractivity contribution < 1.29 is 31.2 Å². The van der Waals surface area contributed by atoms with Gasteiger partial charge in [-0.15, -0.1) is 0 Å². The molecule has 0 aliphatic heterocycles. The van der Waals surface area contributed by atoms with Gasteiger partial charge in [-0.2, -0.15) is 13.2 Å². The van der Waals surface area contributed by atoms with E-state index in [-0.39, 0.29) is 18.0 Å². The van der Waals surface area contributed by atoms with E-state index >= 15 is 0 Å². The van der Waals surface area contributed by atoms with Crippen LogP contribution in [0.1, 0.15) is 45.2 Å². The van der Waals surface area contributed by atoms with Crippen molar-refractivity contribution in [3.8, 4) is 0 Å². The van der Waals surface area contributed by atoms with Crippen molar-refractivity contribution >= 4 is 62.3 Å². The Balaban J connectivity index is 2.58. The second kappa shape index (κ2) is 12.5. The molecule has 2 aromatic rings. The van der Waals surface area contributed by atoms with Crippen LogP contribution in [0.4, 0.5) is 18.9 Å². The number of sulfonamides is 1. The second-order valence-corrected chi connectivity index (χ2v) is 13.0. The van der Waals surface area contributed by atoms with Gasteiger partial charge in [-0.1, -0.05) is 47.8 Å². The van der Waals surface area contributed by atoms with E-state index in [2.05, 4.69) is 5.32 Å². The summed E-state index contributed by atoms with van der Waals surface area (Å²) in [6.45, 7) is 5.84. The van der Waals surface area contributed by atoms with Gasteiger partial charge in [0, 0.05) is 22.1 Å². The second-order valence-electron chi connectivity index (χ2n) is 9.85. The molecular formula is C25H29Cl3F3N3O4S. The maximum atomic E-state index is 13.7. The van der Waals surface area contributed by atoms with Crippen LogP contribution >= 0.6 is 34.8 Å². The molecule has 0 radical (unpaired) electrons. The fraction of sp³-hybridized carbons (Fsp3) is 0.440. The summed E-state index contributed by atoms with van der Waals surface area (Å²) >= 11 is 18.0. The monoisotopic (exact) mass is 629 g/mol. The quantitative estimate of drug-likeness (QED) is 0.360. The molecule has 7 nitrogen and oxygen atoms in total. The zero-order chi connectivity index (χ0) is 29.9. The van der Waals surface area contributed by atoms with E-state index in [1.165, 1.54) is 12.1 Å². The molecule has 2 amide bonds. The first-order valence-electron chi connectivity index (χ1n) is 11.6. The first-order chi connectivity index (χ1) is 17.7. The number of benzene rings is 2. The molecule has 2 aromatic carbocycles. The third-order valence-corrected chi connectivity index (χ3v) is 7.52. The summed E-state index contributed by atoms with van der Waals surface area (Å²) in [4.78, 5) is 28.0. The standard InChI is InChI=1S/C25H29Cl3F3N3O4S/c1-6-21(23(36)32-24(2,3)4)33(13-15-7-8-16(26)11-20(15)28)22(35)14-34(39(5,37)38)17-9-10-19(27)18(12-17)25(29,30)31/h7-12,21H,6,13-14H2,1-5H3,(H,32,36)/t21-/m1/s1. The molecule has 39 heavy (non-hydrogen) atoms. The topological polar surface area (TPSA) is 86.8 Å². The highest BCUT2D eigenvalue weighted by Crippen LogP contribution is 2.37. The van der Waals surface area contributed by atoms with Gasteiger partial charge < -0.3 is 10.2 Å². The first-order valence-corrected chi connectivity index (χ1v) is 14.6. The van der Waals surface area contributed by atoms with Gasteiger partial charge in [0.2, 0.25) is 21.8 Å². The summed E-state index contributed by atoms with van der Waals surface area (Å²) in [5.74, 6) is -1.34. The third-order valence-electron chi connectivity index (χ3n) is 5.46. The van der Waals surface area contributed by atoms with Gasteiger partial charge in [-0.3, -0.25) is 13.9 Å². The average molecular weight is 631 g/mol. The van der Waals surface area contributed by atoms with Crippen LogP contribution in [0, 0.1) is 0 Å². The number of alkyl halides is 3. The Bertz CT molecular complexity index is 1330. The SMILES string of the molecule is CC[C@H](C(=O)NC(C)(C)C)N(Cc1ccc(Cl)cc1Cl)C(=O)CN(c1ccc(Cl)c(C(F)(F)F)c1)S(C)(=O)=O. The Morgan fingerprint density at radius 3 is 2.10 bits per heavy atom. The summed E-state index contributed by atoms with van der Waals surface area (Å²) in [5, 5.41) is 2.72. The molecule has 216 valence electrons. The maximum absolute atomic E-state index is 13.7. The van der Waals surface area contributed by atoms with Gasteiger partial charge in [0.1, 0.15) is 12.6 Å². The molecule has 0 fully saturated rings. The van der Waals surface area contributed by atoms with Crippen LogP contribution in [0.3, 0.4) is 0 Å². The number of amides is 2. The number of hydrogen-bond donors (Lipinski definition) is 1. The summed E-state index contributed by atoms with van der Waals surface area (Å²) in [6, 6.07) is 6.02. The highest BCUT2D eigenvalue weighted by atomic mass is 35.5. The van der Waals surface area contributed by atoms with Crippen LogP contribution in [0.5, 0.6) is 0 Å². The predicted molar refractivity (Wildman–Crippen MR) is 148 cm³/mol. The molecule has 0 unspecified atom stereocenters. The van der Waals surface area contributed by atoms with Crippen molar-refractivity contribution in [2.75, 3.05) is 17.1 Å². The van der Waals surface area contributed by atoms with Crippen LogP contribution in [0.2, 0.25) is 15.1 Å². The van der Waals surface area contributed by atoms with Crippen LogP contribution in [0.15, 0.2) is 36.4 Å². The molecule has 0 aliphatic carbocycles.